The zero-order valence-corrected chi connectivity index (χ0v) is 19.8. The molecule has 3 N–H and O–H groups in total. The summed E-state index contributed by atoms with van der Waals surface area (Å²) in [5.74, 6) is -1.45. The van der Waals surface area contributed by atoms with Gasteiger partial charge in [-0.2, -0.15) is 0 Å². The van der Waals surface area contributed by atoms with E-state index in [1.807, 2.05) is 12.1 Å². The van der Waals surface area contributed by atoms with E-state index < -0.39 is 23.7 Å². The van der Waals surface area contributed by atoms with Gasteiger partial charge in [0.25, 0.3) is 5.91 Å². The normalized spacial score (nSPS) is 13.4. The fourth-order valence-electron chi connectivity index (χ4n) is 4.03. The minimum Gasteiger partial charge on any atom is -0.480 e. The number of carbonyl (C=O) groups is 2. The molecule has 1 aliphatic rings. The molecule has 2 aromatic heterocycles. The molecule has 1 amide bonds. The number of carboxylic acid groups (broad SMARTS) is 1. The van der Waals surface area contributed by atoms with Crippen molar-refractivity contribution in [2.45, 2.75) is 44.6 Å². The fourth-order valence-corrected chi connectivity index (χ4v) is 4.28. The van der Waals surface area contributed by atoms with Crippen molar-refractivity contribution in [3.63, 3.8) is 0 Å². The number of nitrogens with one attached hydrogen (secondary N) is 2. The summed E-state index contributed by atoms with van der Waals surface area (Å²) in [5.41, 5.74) is 3.91. The second-order valence-electron chi connectivity index (χ2n) is 8.54. The summed E-state index contributed by atoms with van der Waals surface area (Å²) in [6.07, 6.45) is 6.40. The molecular weight excluding hydrogens is 471 g/mol. The molecule has 1 aromatic carbocycles. The molecule has 0 saturated heterocycles. The molecule has 0 saturated carbocycles. The van der Waals surface area contributed by atoms with Crippen LogP contribution in [0.25, 0.3) is 0 Å². The zero-order valence-electron chi connectivity index (χ0n) is 19.1. The summed E-state index contributed by atoms with van der Waals surface area (Å²) in [5, 5.41) is 15.3. The van der Waals surface area contributed by atoms with Gasteiger partial charge in [0, 0.05) is 30.6 Å². The molecule has 7 nitrogen and oxygen atoms in total. The number of carboxylic acids is 1. The summed E-state index contributed by atoms with van der Waals surface area (Å²) in [6, 6.07) is 10.1. The van der Waals surface area contributed by atoms with Gasteiger partial charge in [0.05, 0.1) is 10.6 Å². The standard InChI is InChI=1S/C26H26ClFN4O3/c27-22-14-18(28)8-11-21(22)25(33)32-23(26(34)35)13-16-6-9-19(30-15-16)4-1-5-20-10-7-17-3-2-12-29-24(17)31-20/h6-11,14-15,23H,1-5,12-13H2,(H,29,31)(H,32,33)(H,34,35)/t23-/m0/s1. The van der Waals surface area contributed by atoms with Crippen molar-refractivity contribution < 1.29 is 19.1 Å². The Morgan fingerprint density at radius 1 is 1.14 bits per heavy atom. The number of amides is 1. The predicted molar refractivity (Wildman–Crippen MR) is 131 cm³/mol. The van der Waals surface area contributed by atoms with Crippen molar-refractivity contribution in [1.82, 2.24) is 15.3 Å². The number of carbonyl (C=O) groups excluding carboxylic acids is 1. The SMILES string of the molecule is O=C(N[C@@H](Cc1ccc(CCCc2ccc3c(n2)NCCC3)nc1)C(=O)O)c1ccc(F)cc1Cl. The van der Waals surface area contributed by atoms with Gasteiger partial charge in [0.1, 0.15) is 17.7 Å². The van der Waals surface area contributed by atoms with Crippen LogP contribution in [0.3, 0.4) is 0 Å². The van der Waals surface area contributed by atoms with Gasteiger partial charge in [-0.15, -0.1) is 0 Å². The van der Waals surface area contributed by atoms with Crippen molar-refractivity contribution in [3.8, 4) is 0 Å². The highest BCUT2D eigenvalue weighted by molar-refractivity contribution is 6.33. The Kier molecular flexibility index (Phi) is 7.92. The van der Waals surface area contributed by atoms with Crippen LogP contribution in [-0.4, -0.2) is 39.5 Å². The van der Waals surface area contributed by atoms with Crippen LogP contribution in [0, 0.1) is 5.82 Å². The molecule has 0 bridgehead atoms. The molecule has 0 radical (unpaired) electrons. The number of aromatic nitrogens is 2. The molecule has 0 fully saturated rings. The number of halogens is 2. The third kappa shape index (κ3) is 6.54. The summed E-state index contributed by atoms with van der Waals surface area (Å²) < 4.78 is 13.2. The van der Waals surface area contributed by atoms with E-state index in [4.69, 9.17) is 16.6 Å². The molecule has 3 aromatic rings. The number of rotatable bonds is 9. The molecular formula is C26H26ClFN4O3. The molecule has 35 heavy (non-hydrogen) atoms. The first-order valence-corrected chi connectivity index (χ1v) is 11.9. The van der Waals surface area contributed by atoms with Crippen LogP contribution in [0.4, 0.5) is 10.2 Å². The Labute approximate surface area is 207 Å². The largest absolute Gasteiger partial charge is 0.480 e. The van der Waals surface area contributed by atoms with Crippen LogP contribution in [0.2, 0.25) is 5.02 Å². The first-order valence-electron chi connectivity index (χ1n) is 11.5. The van der Waals surface area contributed by atoms with Crippen molar-refractivity contribution >= 4 is 29.3 Å². The van der Waals surface area contributed by atoms with Gasteiger partial charge in [-0.1, -0.05) is 23.7 Å². The van der Waals surface area contributed by atoms with E-state index in [1.54, 1.807) is 6.20 Å². The average molecular weight is 497 g/mol. The number of aliphatic carboxylic acids is 1. The maximum atomic E-state index is 13.2. The molecule has 0 unspecified atom stereocenters. The van der Waals surface area contributed by atoms with E-state index in [2.05, 4.69) is 27.8 Å². The first-order chi connectivity index (χ1) is 16.9. The Balaban J connectivity index is 1.30. The minimum atomic E-state index is -1.19. The maximum absolute atomic E-state index is 13.2. The van der Waals surface area contributed by atoms with Crippen LogP contribution in [0.1, 0.15) is 45.7 Å². The van der Waals surface area contributed by atoms with E-state index in [0.29, 0.717) is 5.56 Å². The Hall–Kier alpha value is -3.52. The molecule has 3 heterocycles. The highest BCUT2D eigenvalue weighted by Gasteiger charge is 2.22. The Bertz CT molecular complexity index is 1220. The molecule has 182 valence electrons. The zero-order chi connectivity index (χ0) is 24.8. The fraction of sp³-hybridized carbons (Fsp3) is 0.308. The van der Waals surface area contributed by atoms with Crippen LogP contribution < -0.4 is 10.6 Å². The highest BCUT2D eigenvalue weighted by atomic mass is 35.5. The monoisotopic (exact) mass is 496 g/mol. The second-order valence-corrected chi connectivity index (χ2v) is 8.95. The lowest BCUT2D eigenvalue weighted by Crippen LogP contribution is -2.42. The number of pyridine rings is 2. The Morgan fingerprint density at radius 2 is 1.94 bits per heavy atom. The lowest BCUT2D eigenvalue weighted by atomic mass is 10.0. The third-order valence-electron chi connectivity index (χ3n) is 5.92. The van der Waals surface area contributed by atoms with Crippen molar-refractivity contribution in [2.24, 2.45) is 0 Å². The number of fused-ring (bicyclic) bond motifs is 1. The number of hydrogen-bond acceptors (Lipinski definition) is 5. The van der Waals surface area contributed by atoms with Crippen LogP contribution in [-0.2, 0) is 30.5 Å². The smallest absolute Gasteiger partial charge is 0.326 e. The van der Waals surface area contributed by atoms with Gasteiger partial charge in [-0.05, 0) is 73.6 Å². The van der Waals surface area contributed by atoms with Gasteiger partial charge >= 0.3 is 5.97 Å². The predicted octanol–water partition coefficient (Wildman–Crippen LogP) is 4.23. The van der Waals surface area contributed by atoms with Gasteiger partial charge < -0.3 is 15.7 Å². The van der Waals surface area contributed by atoms with E-state index in [1.165, 1.54) is 11.6 Å². The van der Waals surface area contributed by atoms with Gasteiger partial charge in [0.15, 0.2) is 0 Å². The molecule has 4 rings (SSSR count). The lowest BCUT2D eigenvalue weighted by molar-refractivity contribution is -0.139. The summed E-state index contributed by atoms with van der Waals surface area (Å²) in [6.45, 7) is 0.964. The van der Waals surface area contributed by atoms with Crippen LogP contribution in [0.15, 0.2) is 48.7 Å². The van der Waals surface area contributed by atoms with E-state index in [0.717, 1.165) is 68.0 Å². The average Bonchev–Trinajstić information content (AvgIpc) is 2.84. The quantitative estimate of drug-likeness (QED) is 0.409. The molecule has 1 atom stereocenters. The van der Waals surface area contributed by atoms with Crippen molar-refractivity contribution in [1.29, 1.82) is 0 Å². The van der Waals surface area contributed by atoms with Crippen molar-refractivity contribution in [2.75, 3.05) is 11.9 Å². The van der Waals surface area contributed by atoms with Crippen LogP contribution in [0.5, 0.6) is 0 Å². The topological polar surface area (TPSA) is 104 Å². The van der Waals surface area contributed by atoms with Gasteiger partial charge in [-0.3, -0.25) is 9.78 Å². The number of anilines is 1. The van der Waals surface area contributed by atoms with Gasteiger partial charge in [0.2, 0.25) is 0 Å². The number of nitrogens with zero attached hydrogens (tertiary/aromatic N) is 2. The van der Waals surface area contributed by atoms with E-state index >= 15 is 0 Å². The molecule has 0 spiro atoms. The van der Waals surface area contributed by atoms with E-state index in [-0.39, 0.29) is 17.0 Å². The van der Waals surface area contributed by atoms with Crippen molar-refractivity contribution in [3.05, 3.63) is 87.6 Å². The second kappa shape index (κ2) is 11.3. The summed E-state index contributed by atoms with van der Waals surface area (Å²) >= 11 is 5.91. The Morgan fingerprint density at radius 3 is 2.69 bits per heavy atom. The molecule has 9 heteroatoms. The third-order valence-corrected chi connectivity index (χ3v) is 6.24. The van der Waals surface area contributed by atoms with E-state index in [9.17, 15) is 19.1 Å². The number of hydrogen-bond donors (Lipinski definition) is 3. The van der Waals surface area contributed by atoms with Gasteiger partial charge in [-0.25, -0.2) is 14.2 Å². The number of aryl methyl sites for hydroxylation is 3. The minimum absolute atomic E-state index is 0.0111. The number of benzene rings is 1. The maximum Gasteiger partial charge on any atom is 0.326 e. The summed E-state index contributed by atoms with van der Waals surface area (Å²) in [4.78, 5) is 33.3. The van der Waals surface area contributed by atoms with Crippen LogP contribution >= 0.6 is 11.6 Å². The summed E-state index contributed by atoms with van der Waals surface area (Å²) in [7, 11) is 0. The lowest BCUT2D eigenvalue weighted by Gasteiger charge is -2.17. The first kappa shape index (κ1) is 24.6. The molecule has 0 aliphatic carbocycles. The molecule has 1 aliphatic heterocycles. The highest BCUT2D eigenvalue weighted by Crippen LogP contribution is 2.21.